The first kappa shape index (κ1) is 23.3. The minimum absolute atomic E-state index is 0.0441. The van der Waals surface area contributed by atoms with Gasteiger partial charge in [-0.3, -0.25) is 0 Å². The zero-order valence-electron chi connectivity index (χ0n) is 19.1. The summed E-state index contributed by atoms with van der Waals surface area (Å²) in [5.74, 6) is -1.47. The molecule has 2 aliphatic rings. The summed E-state index contributed by atoms with van der Waals surface area (Å²) in [6.45, 7) is 5.89. The lowest BCUT2D eigenvalue weighted by atomic mass is 9.86. The Morgan fingerprint density at radius 1 is 0.812 bits per heavy atom. The van der Waals surface area contributed by atoms with E-state index in [1.54, 1.807) is 12.1 Å². The highest BCUT2D eigenvalue weighted by atomic mass is 19.2. The van der Waals surface area contributed by atoms with Crippen molar-refractivity contribution in [1.29, 1.82) is 0 Å². The Balaban J connectivity index is 1.38. The molecule has 0 amide bonds. The van der Waals surface area contributed by atoms with Crippen molar-refractivity contribution in [3.8, 4) is 11.1 Å². The summed E-state index contributed by atoms with van der Waals surface area (Å²) < 4.78 is 47.7. The van der Waals surface area contributed by atoms with Gasteiger partial charge >= 0.3 is 0 Å². The molecule has 0 aromatic heterocycles. The van der Waals surface area contributed by atoms with Gasteiger partial charge in [-0.2, -0.15) is 0 Å². The van der Waals surface area contributed by atoms with Gasteiger partial charge in [-0.1, -0.05) is 63.1 Å². The van der Waals surface area contributed by atoms with E-state index in [0.29, 0.717) is 36.5 Å². The van der Waals surface area contributed by atoms with Crippen LogP contribution >= 0.6 is 0 Å². The van der Waals surface area contributed by atoms with E-state index in [1.807, 2.05) is 24.3 Å². The summed E-state index contributed by atoms with van der Waals surface area (Å²) in [6, 6.07) is 11.1. The second kappa shape index (κ2) is 10.9. The maximum atomic E-state index is 15.0. The van der Waals surface area contributed by atoms with Crippen LogP contribution in [0.15, 0.2) is 36.4 Å². The standard InChI is InChI=1S/C27H34F2O3/c1-3-5-18-7-9-19(10-8-18)22-12-13-23(27(29)26(22)28)20-11-14-24(30-15-20)21-16-31-25(6-4-2)32-17-21/h7-10,12-13,20-21,24-25H,3-6,11,14-17H2,1-2H3. The minimum Gasteiger partial charge on any atom is -0.377 e. The van der Waals surface area contributed by atoms with Crippen LogP contribution < -0.4 is 0 Å². The first-order chi connectivity index (χ1) is 15.6. The van der Waals surface area contributed by atoms with Gasteiger partial charge in [0.15, 0.2) is 17.9 Å². The molecule has 2 aliphatic heterocycles. The summed E-state index contributed by atoms with van der Waals surface area (Å²) in [6.07, 6.45) is 5.47. The molecule has 0 spiro atoms. The molecule has 0 saturated carbocycles. The van der Waals surface area contributed by atoms with Gasteiger partial charge in [0.05, 0.1) is 25.9 Å². The Bertz CT molecular complexity index is 867. The highest BCUT2D eigenvalue weighted by Gasteiger charge is 2.34. The van der Waals surface area contributed by atoms with Gasteiger partial charge in [0, 0.05) is 17.4 Å². The maximum absolute atomic E-state index is 15.0. The molecular formula is C27H34F2O3. The molecule has 0 radical (unpaired) electrons. The highest BCUT2D eigenvalue weighted by Crippen LogP contribution is 2.36. The van der Waals surface area contributed by atoms with Crippen LogP contribution in [0, 0.1) is 17.6 Å². The predicted molar refractivity (Wildman–Crippen MR) is 122 cm³/mol. The Kier molecular flexibility index (Phi) is 7.93. The van der Waals surface area contributed by atoms with Crippen molar-refractivity contribution in [2.24, 2.45) is 5.92 Å². The van der Waals surface area contributed by atoms with Crippen molar-refractivity contribution in [3.05, 3.63) is 59.2 Å². The third-order valence-electron chi connectivity index (χ3n) is 6.71. The Morgan fingerprint density at radius 2 is 1.56 bits per heavy atom. The summed E-state index contributed by atoms with van der Waals surface area (Å²) >= 11 is 0. The summed E-state index contributed by atoms with van der Waals surface area (Å²) in [5, 5.41) is 0. The molecule has 3 nitrogen and oxygen atoms in total. The lowest BCUT2D eigenvalue weighted by Gasteiger charge is -2.37. The van der Waals surface area contributed by atoms with Crippen molar-refractivity contribution in [2.45, 2.75) is 70.7 Å². The zero-order chi connectivity index (χ0) is 22.5. The maximum Gasteiger partial charge on any atom is 0.166 e. The molecule has 174 valence electrons. The lowest BCUT2D eigenvalue weighted by Crippen LogP contribution is -2.41. The predicted octanol–water partition coefficient (Wildman–Crippen LogP) is 6.64. The largest absolute Gasteiger partial charge is 0.377 e. The quantitative estimate of drug-likeness (QED) is 0.479. The molecule has 0 N–H and O–H groups in total. The van der Waals surface area contributed by atoms with Crippen LogP contribution in [0.2, 0.25) is 0 Å². The SMILES string of the molecule is CCCc1ccc(-c2ccc(C3CCC(C4COC(CCC)OC4)OC3)c(F)c2F)cc1. The van der Waals surface area contributed by atoms with E-state index in [-0.39, 0.29) is 24.2 Å². The Hall–Kier alpha value is -1.82. The molecular weight excluding hydrogens is 410 g/mol. The van der Waals surface area contributed by atoms with Crippen LogP contribution in [0.4, 0.5) is 8.78 Å². The van der Waals surface area contributed by atoms with Crippen molar-refractivity contribution in [2.75, 3.05) is 19.8 Å². The van der Waals surface area contributed by atoms with Gasteiger partial charge in [-0.05, 0) is 42.4 Å². The van der Waals surface area contributed by atoms with Gasteiger partial charge in [0.1, 0.15) is 0 Å². The van der Waals surface area contributed by atoms with Crippen LogP contribution in [-0.2, 0) is 20.6 Å². The average Bonchev–Trinajstić information content (AvgIpc) is 2.83. The molecule has 2 fully saturated rings. The number of hydrogen-bond acceptors (Lipinski definition) is 3. The second-order valence-corrected chi connectivity index (χ2v) is 9.07. The van der Waals surface area contributed by atoms with Gasteiger partial charge in [-0.15, -0.1) is 0 Å². The van der Waals surface area contributed by atoms with Gasteiger partial charge in [0.25, 0.3) is 0 Å². The third-order valence-corrected chi connectivity index (χ3v) is 6.71. The normalized spacial score (nSPS) is 26.2. The molecule has 5 heteroatoms. The molecule has 0 bridgehead atoms. The molecule has 2 atom stereocenters. The molecule has 2 unspecified atom stereocenters. The molecule has 2 aromatic rings. The average molecular weight is 445 g/mol. The zero-order valence-corrected chi connectivity index (χ0v) is 19.1. The van der Waals surface area contributed by atoms with E-state index in [0.717, 1.165) is 38.5 Å². The van der Waals surface area contributed by atoms with E-state index in [1.165, 1.54) is 5.56 Å². The van der Waals surface area contributed by atoms with Gasteiger partial charge in [0.2, 0.25) is 0 Å². The van der Waals surface area contributed by atoms with Gasteiger partial charge in [-0.25, -0.2) is 8.78 Å². The van der Waals surface area contributed by atoms with Crippen molar-refractivity contribution < 1.29 is 23.0 Å². The molecule has 2 heterocycles. The van der Waals surface area contributed by atoms with Crippen LogP contribution in [0.1, 0.15) is 63.0 Å². The first-order valence-corrected chi connectivity index (χ1v) is 12.0. The number of rotatable bonds is 7. The van der Waals surface area contributed by atoms with Crippen LogP contribution in [0.5, 0.6) is 0 Å². The number of aryl methyl sites for hydroxylation is 1. The highest BCUT2D eigenvalue weighted by molar-refractivity contribution is 5.65. The first-order valence-electron chi connectivity index (χ1n) is 12.0. The fourth-order valence-electron chi connectivity index (χ4n) is 4.81. The van der Waals surface area contributed by atoms with Crippen molar-refractivity contribution >= 4 is 0 Å². The van der Waals surface area contributed by atoms with Crippen LogP contribution in [-0.4, -0.2) is 32.2 Å². The fraction of sp³-hybridized carbons (Fsp3) is 0.556. The minimum atomic E-state index is -0.774. The van der Waals surface area contributed by atoms with E-state index in [2.05, 4.69) is 13.8 Å². The fourth-order valence-corrected chi connectivity index (χ4v) is 4.81. The molecule has 4 rings (SSSR count). The smallest absolute Gasteiger partial charge is 0.166 e. The summed E-state index contributed by atoms with van der Waals surface area (Å²) in [7, 11) is 0. The van der Waals surface area contributed by atoms with Crippen molar-refractivity contribution in [1.82, 2.24) is 0 Å². The van der Waals surface area contributed by atoms with E-state index in [4.69, 9.17) is 14.2 Å². The third kappa shape index (κ3) is 5.22. The number of hydrogen-bond donors (Lipinski definition) is 0. The molecule has 2 saturated heterocycles. The van der Waals surface area contributed by atoms with E-state index < -0.39 is 11.6 Å². The van der Waals surface area contributed by atoms with E-state index in [9.17, 15) is 4.39 Å². The molecule has 2 aromatic carbocycles. The number of halogens is 2. The second-order valence-electron chi connectivity index (χ2n) is 9.07. The summed E-state index contributed by atoms with van der Waals surface area (Å²) in [4.78, 5) is 0. The van der Waals surface area contributed by atoms with Gasteiger partial charge < -0.3 is 14.2 Å². The number of benzene rings is 2. The molecule has 0 aliphatic carbocycles. The van der Waals surface area contributed by atoms with Crippen molar-refractivity contribution in [3.63, 3.8) is 0 Å². The van der Waals surface area contributed by atoms with Crippen LogP contribution in [0.25, 0.3) is 11.1 Å². The Morgan fingerprint density at radius 3 is 2.19 bits per heavy atom. The molecule has 32 heavy (non-hydrogen) atoms. The van der Waals surface area contributed by atoms with E-state index >= 15 is 4.39 Å². The van der Waals surface area contributed by atoms with Crippen LogP contribution in [0.3, 0.4) is 0 Å². The monoisotopic (exact) mass is 444 g/mol. The lowest BCUT2D eigenvalue weighted by molar-refractivity contribution is -0.224. The summed E-state index contributed by atoms with van der Waals surface area (Å²) in [5.41, 5.74) is 2.62. The Labute approximate surface area is 190 Å². The topological polar surface area (TPSA) is 27.7 Å². The number of ether oxygens (including phenoxy) is 3.